The Kier molecular flexibility index (Phi) is 7.18. The number of rotatable bonds is 7. The minimum Gasteiger partial charge on any atom is -0.379 e. The van der Waals surface area contributed by atoms with E-state index in [0.29, 0.717) is 5.92 Å². The zero-order chi connectivity index (χ0) is 16.5. The molecule has 0 radical (unpaired) electrons. The lowest BCUT2D eigenvalue weighted by molar-refractivity contribution is -0.112. The van der Waals surface area contributed by atoms with Gasteiger partial charge in [-0.05, 0) is 24.0 Å². The van der Waals surface area contributed by atoms with E-state index in [2.05, 4.69) is 26.1 Å². The summed E-state index contributed by atoms with van der Waals surface area (Å²) in [5, 5.41) is 12.1. The number of anilines is 1. The lowest BCUT2D eigenvalue weighted by Crippen LogP contribution is -2.19. The van der Waals surface area contributed by atoms with Crippen molar-refractivity contribution in [3.05, 3.63) is 41.6 Å². The molecule has 0 saturated carbocycles. The minimum atomic E-state index is -0.362. The molecule has 0 heterocycles. The Bertz CT molecular complexity index is 570. The fourth-order valence-electron chi connectivity index (χ4n) is 2.13. The predicted octanol–water partition coefficient (Wildman–Crippen LogP) is 3.89. The van der Waals surface area contributed by atoms with Crippen LogP contribution in [0.4, 0.5) is 5.69 Å². The molecule has 1 aromatic rings. The summed E-state index contributed by atoms with van der Waals surface area (Å²) in [5.41, 5.74) is 1.95. The van der Waals surface area contributed by atoms with Crippen molar-refractivity contribution in [3.8, 4) is 6.07 Å². The topological polar surface area (TPSA) is 56.1 Å². The van der Waals surface area contributed by atoms with Crippen molar-refractivity contribution >= 4 is 11.6 Å². The summed E-state index contributed by atoms with van der Waals surface area (Å²) >= 11 is 0. The smallest absolute Gasteiger partial charge is 0.267 e. The van der Waals surface area contributed by atoms with Crippen molar-refractivity contribution in [2.75, 3.05) is 18.9 Å². The first kappa shape index (κ1) is 17.8. The van der Waals surface area contributed by atoms with Gasteiger partial charge in [-0.1, -0.05) is 45.4 Å². The Labute approximate surface area is 133 Å². The summed E-state index contributed by atoms with van der Waals surface area (Å²) in [5.74, 6) is -0.0582. The number of carbonyl (C=O) groups excluding carboxylic acids is 1. The molecular formula is C18H25N3O. The Balaban J connectivity index is 2.87. The molecule has 0 unspecified atom stereocenters. The largest absolute Gasteiger partial charge is 0.379 e. The number of hydrogen-bond acceptors (Lipinski definition) is 3. The van der Waals surface area contributed by atoms with Crippen molar-refractivity contribution < 1.29 is 4.79 Å². The first-order valence-electron chi connectivity index (χ1n) is 7.72. The number of nitrogens with zero attached hydrogens (tertiary/aromatic N) is 2. The van der Waals surface area contributed by atoms with Crippen LogP contribution < -0.4 is 5.32 Å². The average Bonchev–Trinajstić information content (AvgIpc) is 2.50. The van der Waals surface area contributed by atoms with Gasteiger partial charge in [-0.2, -0.15) is 5.26 Å². The van der Waals surface area contributed by atoms with E-state index in [1.54, 1.807) is 6.20 Å². The first-order valence-corrected chi connectivity index (χ1v) is 7.72. The van der Waals surface area contributed by atoms with Crippen molar-refractivity contribution in [1.82, 2.24) is 4.90 Å². The molecule has 0 saturated heterocycles. The number of unbranched alkanes of at least 4 members (excludes halogenated alkanes) is 1. The van der Waals surface area contributed by atoms with Crippen LogP contribution in [0.15, 0.2) is 36.0 Å². The lowest BCUT2D eigenvalue weighted by Gasteiger charge is -2.15. The molecule has 0 aromatic heterocycles. The van der Waals surface area contributed by atoms with Crippen LogP contribution in [0.2, 0.25) is 0 Å². The molecule has 0 fully saturated rings. The molecule has 0 bridgehead atoms. The Hall–Kier alpha value is -2.28. The van der Waals surface area contributed by atoms with Crippen LogP contribution in [-0.4, -0.2) is 24.4 Å². The molecule has 0 spiro atoms. The number of benzene rings is 1. The molecule has 4 nitrogen and oxygen atoms in total. The molecule has 1 aromatic carbocycles. The zero-order valence-corrected chi connectivity index (χ0v) is 13.9. The third-order valence-corrected chi connectivity index (χ3v) is 3.41. The SMILES string of the molecule is CCCCN(C)/C=C(/C#N)C(=O)Nc1ccccc1C(C)C. The molecule has 4 heteroatoms. The maximum Gasteiger partial charge on any atom is 0.267 e. The Morgan fingerprint density at radius 3 is 2.68 bits per heavy atom. The van der Waals surface area contributed by atoms with E-state index in [4.69, 9.17) is 0 Å². The molecule has 0 atom stereocenters. The normalized spacial score (nSPS) is 11.2. The van der Waals surface area contributed by atoms with Crippen molar-refractivity contribution in [3.63, 3.8) is 0 Å². The van der Waals surface area contributed by atoms with Crippen molar-refractivity contribution in [2.24, 2.45) is 0 Å². The Morgan fingerprint density at radius 2 is 2.09 bits per heavy atom. The van der Waals surface area contributed by atoms with E-state index in [1.165, 1.54) is 0 Å². The fraction of sp³-hybridized carbons (Fsp3) is 0.444. The number of nitriles is 1. The summed E-state index contributed by atoms with van der Waals surface area (Å²) in [6.07, 6.45) is 3.72. The highest BCUT2D eigenvalue weighted by Gasteiger charge is 2.13. The van der Waals surface area contributed by atoms with E-state index >= 15 is 0 Å². The standard InChI is InChI=1S/C18H25N3O/c1-5-6-11-21(4)13-15(12-19)18(22)20-17-10-8-7-9-16(17)14(2)3/h7-10,13-14H,5-6,11H2,1-4H3,(H,20,22)/b15-13-. The van der Waals surface area contributed by atoms with Gasteiger partial charge in [0.25, 0.3) is 5.91 Å². The average molecular weight is 299 g/mol. The molecule has 0 aliphatic rings. The van der Waals surface area contributed by atoms with Gasteiger partial charge >= 0.3 is 0 Å². The second kappa shape index (κ2) is 8.89. The van der Waals surface area contributed by atoms with Crippen molar-refractivity contribution in [1.29, 1.82) is 5.26 Å². The van der Waals surface area contributed by atoms with Crippen LogP contribution in [0.1, 0.15) is 45.1 Å². The summed E-state index contributed by atoms with van der Waals surface area (Å²) in [6, 6.07) is 9.67. The zero-order valence-electron chi connectivity index (χ0n) is 13.9. The minimum absolute atomic E-state index is 0.122. The van der Waals surface area contributed by atoms with Gasteiger partial charge < -0.3 is 10.2 Å². The Morgan fingerprint density at radius 1 is 1.41 bits per heavy atom. The van der Waals surface area contributed by atoms with Crippen LogP contribution >= 0.6 is 0 Å². The van der Waals surface area contributed by atoms with E-state index in [0.717, 1.165) is 30.6 Å². The van der Waals surface area contributed by atoms with E-state index in [-0.39, 0.29) is 11.5 Å². The third-order valence-electron chi connectivity index (χ3n) is 3.41. The second-order valence-corrected chi connectivity index (χ2v) is 5.68. The number of nitrogens with one attached hydrogen (secondary N) is 1. The van der Waals surface area contributed by atoms with Crippen LogP contribution in [0, 0.1) is 11.3 Å². The third kappa shape index (κ3) is 5.25. The lowest BCUT2D eigenvalue weighted by atomic mass is 10.0. The van der Waals surface area contributed by atoms with Gasteiger partial charge in [0.2, 0.25) is 0 Å². The molecule has 1 N–H and O–H groups in total. The van der Waals surface area contributed by atoms with Gasteiger partial charge in [-0.3, -0.25) is 4.79 Å². The predicted molar refractivity (Wildman–Crippen MR) is 90.4 cm³/mol. The van der Waals surface area contributed by atoms with E-state index in [9.17, 15) is 10.1 Å². The number of carbonyl (C=O) groups is 1. The summed E-state index contributed by atoms with van der Waals surface area (Å²) in [7, 11) is 1.88. The maximum absolute atomic E-state index is 12.3. The molecule has 1 amide bonds. The number of amides is 1. The molecule has 0 aliphatic heterocycles. The maximum atomic E-state index is 12.3. The fourth-order valence-corrected chi connectivity index (χ4v) is 2.13. The summed E-state index contributed by atoms with van der Waals surface area (Å²) in [6.45, 7) is 7.09. The quantitative estimate of drug-likeness (QED) is 0.614. The number of para-hydroxylation sites is 1. The van der Waals surface area contributed by atoms with Crippen molar-refractivity contribution in [2.45, 2.75) is 39.5 Å². The monoisotopic (exact) mass is 299 g/mol. The first-order chi connectivity index (χ1) is 10.5. The van der Waals surface area contributed by atoms with Crippen LogP contribution in [-0.2, 0) is 4.79 Å². The summed E-state index contributed by atoms with van der Waals surface area (Å²) in [4.78, 5) is 14.2. The number of hydrogen-bond donors (Lipinski definition) is 1. The van der Waals surface area contributed by atoms with Gasteiger partial charge in [-0.25, -0.2) is 0 Å². The van der Waals surface area contributed by atoms with Gasteiger partial charge in [0, 0.05) is 25.5 Å². The highest BCUT2D eigenvalue weighted by Crippen LogP contribution is 2.24. The highest BCUT2D eigenvalue weighted by atomic mass is 16.1. The van der Waals surface area contributed by atoms with E-state index in [1.807, 2.05) is 42.3 Å². The molecular weight excluding hydrogens is 274 g/mol. The van der Waals surface area contributed by atoms with Gasteiger partial charge in [-0.15, -0.1) is 0 Å². The molecule has 118 valence electrons. The van der Waals surface area contributed by atoms with Crippen LogP contribution in [0.5, 0.6) is 0 Å². The van der Waals surface area contributed by atoms with E-state index < -0.39 is 0 Å². The van der Waals surface area contributed by atoms with Gasteiger partial charge in [0.1, 0.15) is 11.6 Å². The van der Waals surface area contributed by atoms with Gasteiger partial charge in [0.05, 0.1) is 0 Å². The van der Waals surface area contributed by atoms with Gasteiger partial charge in [0.15, 0.2) is 0 Å². The highest BCUT2D eigenvalue weighted by molar-refractivity contribution is 6.06. The molecule has 0 aliphatic carbocycles. The van der Waals surface area contributed by atoms with Crippen LogP contribution in [0.25, 0.3) is 0 Å². The summed E-state index contributed by atoms with van der Waals surface area (Å²) < 4.78 is 0. The molecule has 1 rings (SSSR count). The second-order valence-electron chi connectivity index (χ2n) is 5.68. The van der Waals surface area contributed by atoms with Crippen LogP contribution in [0.3, 0.4) is 0 Å². The molecule has 22 heavy (non-hydrogen) atoms.